The van der Waals surface area contributed by atoms with E-state index in [-0.39, 0.29) is 24.4 Å². The molecule has 2 saturated heterocycles. The molecule has 3 unspecified atom stereocenters. The van der Waals surface area contributed by atoms with Gasteiger partial charge in [0.25, 0.3) is 0 Å². The molecule has 0 bridgehead atoms. The fourth-order valence-corrected chi connectivity index (χ4v) is 3.73. The number of aromatic nitrogens is 4. The lowest BCUT2D eigenvalue weighted by Crippen LogP contribution is -2.52. The van der Waals surface area contributed by atoms with Crippen LogP contribution in [-0.4, -0.2) is 52.8 Å². The molecule has 0 aromatic carbocycles. The number of hydrogen-bond acceptors (Lipinski definition) is 9. The van der Waals surface area contributed by atoms with E-state index in [0.717, 1.165) is 19.5 Å². The summed E-state index contributed by atoms with van der Waals surface area (Å²) in [4.78, 5) is 13.2. The highest BCUT2D eigenvalue weighted by Crippen LogP contribution is 2.40. The van der Waals surface area contributed by atoms with Crippen LogP contribution in [0.3, 0.4) is 0 Å². The van der Waals surface area contributed by atoms with E-state index in [4.69, 9.17) is 9.05 Å². The van der Waals surface area contributed by atoms with Gasteiger partial charge in [-0.25, -0.2) is 0 Å². The number of amides is 1. The Balaban J connectivity index is 0.00000196. The second kappa shape index (κ2) is 8.11. The summed E-state index contributed by atoms with van der Waals surface area (Å²) in [6, 6.07) is -0.173. The van der Waals surface area contributed by atoms with Gasteiger partial charge in [0.05, 0.1) is 18.4 Å². The van der Waals surface area contributed by atoms with Crippen LogP contribution in [0.25, 0.3) is 0 Å². The van der Waals surface area contributed by atoms with Crippen LogP contribution in [0.4, 0.5) is 0 Å². The van der Waals surface area contributed by atoms with Crippen molar-refractivity contribution in [3.63, 3.8) is 0 Å². The molecule has 0 aliphatic carbocycles. The average molecular weight is 384 g/mol. The minimum Gasteiger partial charge on any atom is -0.355 e. The van der Waals surface area contributed by atoms with Gasteiger partial charge in [-0.2, -0.15) is 0 Å². The van der Waals surface area contributed by atoms with Crippen LogP contribution in [0, 0.1) is 5.92 Å². The molecule has 2 aliphatic rings. The normalized spacial score (nSPS) is 28.5. The highest BCUT2D eigenvalue weighted by molar-refractivity contribution is 5.87. The van der Waals surface area contributed by atoms with E-state index in [0.29, 0.717) is 43.4 Å². The maximum Gasteiger partial charge on any atom is 0.234 e. The van der Waals surface area contributed by atoms with Crippen molar-refractivity contribution in [2.75, 3.05) is 26.2 Å². The maximum absolute atomic E-state index is 13.2. The van der Waals surface area contributed by atoms with E-state index in [1.165, 1.54) is 6.20 Å². The predicted molar refractivity (Wildman–Crippen MR) is 91.5 cm³/mol. The van der Waals surface area contributed by atoms with Crippen LogP contribution in [-0.2, 0) is 10.2 Å². The van der Waals surface area contributed by atoms with E-state index in [2.05, 4.69) is 36.7 Å². The zero-order valence-corrected chi connectivity index (χ0v) is 15.0. The molecule has 4 rings (SSSR count). The Morgan fingerprint density at radius 3 is 2.81 bits per heavy atom. The summed E-state index contributed by atoms with van der Waals surface area (Å²) in [5.74, 6) is 1.49. The van der Waals surface area contributed by atoms with Crippen LogP contribution in [0.1, 0.15) is 36.8 Å². The van der Waals surface area contributed by atoms with Crippen molar-refractivity contribution < 1.29 is 13.8 Å². The number of halogens is 1. The summed E-state index contributed by atoms with van der Waals surface area (Å²) in [5, 5.41) is 24.4. The molecule has 3 N–H and O–H groups in total. The van der Waals surface area contributed by atoms with Crippen molar-refractivity contribution >= 4 is 18.3 Å². The Morgan fingerprint density at radius 2 is 2.12 bits per heavy atom. The van der Waals surface area contributed by atoms with Crippen LogP contribution >= 0.6 is 12.4 Å². The summed E-state index contributed by atoms with van der Waals surface area (Å²) < 4.78 is 10.5. The van der Waals surface area contributed by atoms with Gasteiger partial charge in [0.2, 0.25) is 5.91 Å². The van der Waals surface area contributed by atoms with E-state index in [9.17, 15) is 4.79 Å². The standard InChI is InChI=1S/C15H21N7O3.ClH/c23-14(18-7-10-1-3-16-6-10)15(13-9-20-22-25-13)2-4-17-11(5-15)12-8-19-21-24-12;/h8-11,16-17H,1-7H2,(H,18,23);1H. The predicted octanol–water partition coefficient (Wildman–Crippen LogP) is -0.0374. The molecular weight excluding hydrogens is 362 g/mol. The third-order valence-corrected chi connectivity index (χ3v) is 5.20. The second-order valence-electron chi connectivity index (χ2n) is 6.71. The number of rotatable bonds is 5. The van der Waals surface area contributed by atoms with Gasteiger partial charge in [-0.3, -0.25) is 4.79 Å². The van der Waals surface area contributed by atoms with Gasteiger partial charge in [0.1, 0.15) is 5.41 Å². The molecule has 0 spiro atoms. The molecule has 142 valence electrons. The molecule has 10 nitrogen and oxygen atoms in total. The third-order valence-electron chi connectivity index (χ3n) is 5.20. The monoisotopic (exact) mass is 383 g/mol. The average Bonchev–Trinajstić information content (AvgIpc) is 3.43. The summed E-state index contributed by atoms with van der Waals surface area (Å²) in [6.45, 7) is 3.22. The Kier molecular flexibility index (Phi) is 5.84. The first-order valence-corrected chi connectivity index (χ1v) is 8.55. The molecule has 4 heterocycles. The molecule has 0 radical (unpaired) electrons. The highest BCUT2D eigenvalue weighted by Gasteiger charge is 2.48. The minimum atomic E-state index is -0.835. The van der Waals surface area contributed by atoms with Crippen molar-refractivity contribution in [1.29, 1.82) is 0 Å². The third kappa shape index (κ3) is 3.57. The van der Waals surface area contributed by atoms with Gasteiger partial charge in [-0.1, -0.05) is 0 Å². The molecule has 2 aliphatic heterocycles. The van der Waals surface area contributed by atoms with Crippen LogP contribution in [0.5, 0.6) is 0 Å². The number of nitrogens with zero attached hydrogens (tertiary/aromatic N) is 4. The van der Waals surface area contributed by atoms with Gasteiger partial charge in [-0.05, 0) is 44.8 Å². The molecule has 0 saturated carbocycles. The Morgan fingerprint density at radius 1 is 1.27 bits per heavy atom. The fraction of sp³-hybridized carbons (Fsp3) is 0.667. The van der Waals surface area contributed by atoms with E-state index in [1.807, 2.05) is 0 Å². The maximum atomic E-state index is 13.2. The molecule has 2 aromatic heterocycles. The van der Waals surface area contributed by atoms with Gasteiger partial charge < -0.3 is 25.0 Å². The Hall–Kier alpha value is -2.04. The first kappa shape index (κ1) is 18.7. The molecule has 11 heteroatoms. The van der Waals surface area contributed by atoms with E-state index < -0.39 is 5.41 Å². The first-order chi connectivity index (χ1) is 12.3. The number of carbonyl (C=O) groups is 1. The zero-order valence-electron chi connectivity index (χ0n) is 14.2. The topological polar surface area (TPSA) is 131 Å². The molecule has 26 heavy (non-hydrogen) atoms. The van der Waals surface area contributed by atoms with Gasteiger partial charge in [0, 0.05) is 17.1 Å². The minimum absolute atomic E-state index is 0. The summed E-state index contributed by atoms with van der Waals surface area (Å²) in [5.41, 5.74) is -0.835. The molecule has 3 atom stereocenters. The van der Waals surface area contributed by atoms with Crippen LogP contribution in [0.15, 0.2) is 21.4 Å². The van der Waals surface area contributed by atoms with E-state index >= 15 is 0 Å². The molecular formula is C15H22ClN7O3. The second-order valence-corrected chi connectivity index (χ2v) is 6.71. The van der Waals surface area contributed by atoms with Crippen molar-refractivity contribution in [2.24, 2.45) is 5.92 Å². The number of carbonyl (C=O) groups excluding carboxylic acids is 1. The van der Waals surface area contributed by atoms with Gasteiger partial charge >= 0.3 is 0 Å². The molecule has 2 fully saturated rings. The fourth-order valence-electron chi connectivity index (χ4n) is 3.73. The first-order valence-electron chi connectivity index (χ1n) is 8.55. The van der Waals surface area contributed by atoms with Gasteiger partial charge in [-0.15, -0.1) is 22.6 Å². The summed E-state index contributed by atoms with van der Waals surface area (Å²) in [6.07, 6.45) is 5.23. The van der Waals surface area contributed by atoms with Crippen molar-refractivity contribution in [1.82, 2.24) is 36.7 Å². The quantitative estimate of drug-likeness (QED) is 0.650. The lowest BCUT2D eigenvalue weighted by Gasteiger charge is -2.37. The lowest BCUT2D eigenvalue weighted by molar-refractivity contribution is -0.129. The largest absolute Gasteiger partial charge is 0.355 e. The molecule has 1 amide bonds. The van der Waals surface area contributed by atoms with E-state index in [1.54, 1.807) is 6.20 Å². The zero-order chi connectivity index (χ0) is 17.1. The SMILES string of the molecule is Cl.O=C(NCC1CCNC1)C1(c2cnno2)CCNC(c2cnno2)C1. The van der Waals surface area contributed by atoms with Crippen LogP contribution < -0.4 is 16.0 Å². The van der Waals surface area contributed by atoms with Crippen molar-refractivity contribution in [2.45, 2.75) is 30.7 Å². The summed E-state index contributed by atoms with van der Waals surface area (Å²) >= 11 is 0. The number of hydrogen-bond donors (Lipinski definition) is 3. The number of nitrogens with one attached hydrogen (secondary N) is 3. The number of piperidine rings is 1. The molecule has 2 aromatic rings. The lowest BCUT2D eigenvalue weighted by atomic mass is 9.73. The Bertz CT molecular complexity index is 690. The van der Waals surface area contributed by atoms with Crippen LogP contribution in [0.2, 0.25) is 0 Å². The van der Waals surface area contributed by atoms with Crippen molar-refractivity contribution in [3.8, 4) is 0 Å². The summed E-state index contributed by atoms with van der Waals surface area (Å²) in [7, 11) is 0. The Labute approximate surface area is 156 Å². The smallest absolute Gasteiger partial charge is 0.234 e. The highest BCUT2D eigenvalue weighted by atomic mass is 35.5. The van der Waals surface area contributed by atoms with Gasteiger partial charge in [0.15, 0.2) is 11.5 Å². The van der Waals surface area contributed by atoms with Crippen molar-refractivity contribution in [3.05, 3.63) is 23.9 Å².